The zero-order valence-corrected chi connectivity index (χ0v) is 17.7. The maximum Gasteiger partial charge on any atom is 0.232 e. The molecule has 1 fully saturated rings. The molecule has 1 aromatic rings. The summed E-state index contributed by atoms with van der Waals surface area (Å²) < 4.78 is 31.6. The molecule has 0 bridgehead atoms. The van der Waals surface area contributed by atoms with Crippen LogP contribution in [0.4, 0.5) is 5.69 Å². The SMILES string of the molecule is CCOc1ccccc1N(CCCC(=O)N1CCCC(C)(C)C1)S(C)(=O)=O. The van der Waals surface area contributed by atoms with Gasteiger partial charge >= 0.3 is 0 Å². The third kappa shape index (κ3) is 6.13. The van der Waals surface area contributed by atoms with Crippen LogP contribution in [0.5, 0.6) is 5.75 Å². The molecule has 0 aliphatic carbocycles. The van der Waals surface area contributed by atoms with Gasteiger partial charge in [0.15, 0.2) is 0 Å². The molecule has 6 nitrogen and oxygen atoms in total. The monoisotopic (exact) mass is 396 g/mol. The Morgan fingerprint density at radius 3 is 2.63 bits per heavy atom. The van der Waals surface area contributed by atoms with Crippen molar-refractivity contribution in [3.63, 3.8) is 0 Å². The van der Waals surface area contributed by atoms with Gasteiger partial charge in [0.2, 0.25) is 15.9 Å². The third-order valence-corrected chi connectivity index (χ3v) is 6.02. The predicted octanol–water partition coefficient (Wildman–Crippen LogP) is 3.28. The second-order valence-electron chi connectivity index (χ2n) is 7.92. The lowest BCUT2D eigenvalue weighted by atomic mass is 9.84. The van der Waals surface area contributed by atoms with Crippen LogP contribution in [0.1, 0.15) is 46.5 Å². The van der Waals surface area contributed by atoms with E-state index in [4.69, 9.17) is 4.74 Å². The fourth-order valence-corrected chi connectivity index (χ4v) is 4.54. The van der Waals surface area contributed by atoms with Crippen molar-refractivity contribution in [1.82, 2.24) is 4.90 Å². The Labute approximate surface area is 163 Å². The van der Waals surface area contributed by atoms with Crippen molar-refractivity contribution >= 4 is 21.6 Å². The molecule has 27 heavy (non-hydrogen) atoms. The summed E-state index contributed by atoms with van der Waals surface area (Å²) in [5, 5.41) is 0. The van der Waals surface area contributed by atoms with Gasteiger partial charge in [0, 0.05) is 26.1 Å². The molecule has 152 valence electrons. The van der Waals surface area contributed by atoms with E-state index in [9.17, 15) is 13.2 Å². The first kappa shape index (κ1) is 21.5. The average Bonchev–Trinajstić information content (AvgIpc) is 2.58. The van der Waals surface area contributed by atoms with Gasteiger partial charge in [0.1, 0.15) is 5.75 Å². The van der Waals surface area contributed by atoms with Gasteiger partial charge in [-0.1, -0.05) is 26.0 Å². The molecular weight excluding hydrogens is 364 g/mol. The normalized spacial score (nSPS) is 16.8. The molecule has 0 aromatic heterocycles. The zero-order chi connectivity index (χ0) is 20.1. The quantitative estimate of drug-likeness (QED) is 0.676. The Balaban J connectivity index is 2.03. The van der Waals surface area contributed by atoms with Gasteiger partial charge in [-0.15, -0.1) is 0 Å². The van der Waals surface area contributed by atoms with E-state index in [1.165, 1.54) is 10.6 Å². The minimum Gasteiger partial charge on any atom is -0.492 e. The van der Waals surface area contributed by atoms with Gasteiger partial charge in [-0.3, -0.25) is 9.10 Å². The fourth-order valence-electron chi connectivity index (χ4n) is 3.57. The molecule has 0 unspecified atom stereocenters. The Bertz CT molecular complexity index is 746. The molecule has 0 spiro atoms. The van der Waals surface area contributed by atoms with E-state index in [1.54, 1.807) is 18.2 Å². The molecule has 0 saturated carbocycles. The first-order valence-electron chi connectivity index (χ1n) is 9.61. The van der Waals surface area contributed by atoms with Crippen molar-refractivity contribution < 1.29 is 17.9 Å². The Hall–Kier alpha value is -1.76. The lowest BCUT2D eigenvalue weighted by molar-refractivity contribution is -0.134. The lowest BCUT2D eigenvalue weighted by Crippen LogP contribution is -2.43. The largest absolute Gasteiger partial charge is 0.492 e. The van der Waals surface area contributed by atoms with Crippen molar-refractivity contribution in [3.8, 4) is 5.75 Å². The standard InChI is InChI=1S/C20H32N2O4S/c1-5-26-18-11-7-6-10-17(18)22(27(4,24)25)15-8-12-19(23)21-14-9-13-20(2,3)16-21/h6-7,10-11H,5,8-9,12-16H2,1-4H3. The summed E-state index contributed by atoms with van der Waals surface area (Å²) in [5.41, 5.74) is 0.678. The molecule has 1 aliphatic rings. The Kier molecular flexibility index (Phi) is 7.14. The van der Waals surface area contributed by atoms with E-state index in [-0.39, 0.29) is 17.9 Å². The first-order chi connectivity index (χ1) is 12.6. The number of hydrogen-bond acceptors (Lipinski definition) is 4. The van der Waals surface area contributed by atoms with Crippen LogP contribution in [-0.2, 0) is 14.8 Å². The summed E-state index contributed by atoms with van der Waals surface area (Å²) in [6.07, 6.45) is 4.16. The van der Waals surface area contributed by atoms with Gasteiger partial charge in [0.25, 0.3) is 0 Å². The molecule has 7 heteroatoms. The maximum absolute atomic E-state index is 12.6. The summed E-state index contributed by atoms with van der Waals surface area (Å²) in [4.78, 5) is 14.5. The number of rotatable bonds is 8. The topological polar surface area (TPSA) is 66.9 Å². The number of benzene rings is 1. The molecule has 1 saturated heterocycles. The van der Waals surface area contributed by atoms with Crippen LogP contribution in [0.15, 0.2) is 24.3 Å². The van der Waals surface area contributed by atoms with Crippen LogP contribution < -0.4 is 9.04 Å². The predicted molar refractivity (Wildman–Crippen MR) is 109 cm³/mol. The average molecular weight is 397 g/mol. The highest BCUT2D eigenvalue weighted by atomic mass is 32.2. The van der Waals surface area contributed by atoms with Gasteiger partial charge < -0.3 is 9.64 Å². The first-order valence-corrected chi connectivity index (χ1v) is 11.5. The summed E-state index contributed by atoms with van der Waals surface area (Å²) >= 11 is 0. The molecule has 1 amide bonds. The third-order valence-electron chi connectivity index (χ3n) is 4.84. The number of hydrogen-bond donors (Lipinski definition) is 0. The van der Waals surface area contributed by atoms with Gasteiger partial charge in [0.05, 0.1) is 18.6 Å². The summed E-state index contributed by atoms with van der Waals surface area (Å²) in [5.74, 6) is 0.642. The van der Waals surface area contributed by atoms with Crippen LogP contribution >= 0.6 is 0 Å². The van der Waals surface area contributed by atoms with Crippen molar-refractivity contribution in [1.29, 1.82) is 0 Å². The molecule has 0 N–H and O–H groups in total. The maximum atomic E-state index is 12.6. The molecule has 0 radical (unpaired) electrons. The number of sulfonamides is 1. The Morgan fingerprint density at radius 2 is 2.00 bits per heavy atom. The summed E-state index contributed by atoms with van der Waals surface area (Å²) in [6, 6.07) is 7.10. The number of carbonyl (C=O) groups excluding carboxylic acids is 1. The number of nitrogens with zero attached hydrogens (tertiary/aromatic N) is 2. The molecular formula is C20H32N2O4S. The van der Waals surface area contributed by atoms with E-state index in [2.05, 4.69) is 13.8 Å². The highest BCUT2D eigenvalue weighted by Crippen LogP contribution is 2.31. The molecule has 1 heterocycles. The van der Waals surface area contributed by atoms with Crippen LogP contribution in [-0.4, -0.2) is 51.7 Å². The van der Waals surface area contributed by atoms with Crippen molar-refractivity contribution in [2.75, 3.05) is 36.8 Å². The summed E-state index contributed by atoms with van der Waals surface area (Å²) in [7, 11) is -3.47. The second-order valence-corrected chi connectivity index (χ2v) is 9.83. The second kappa shape index (κ2) is 8.95. The molecule has 2 rings (SSSR count). The number of para-hydroxylation sites is 2. The van der Waals surface area contributed by atoms with Crippen molar-refractivity contribution in [2.24, 2.45) is 5.41 Å². The van der Waals surface area contributed by atoms with E-state index in [0.29, 0.717) is 30.9 Å². The Morgan fingerprint density at radius 1 is 1.30 bits per heavy atom. The van der Waals surface area contributed by atoms with Gasteiger partial charge in [-0.2, -0.15) is 0 Å². The van der Waals surface area contributed by atoms with Crippen LogP contribution in [0.3, 0.4) is 0 Å². The number of anilines is 1. The molecule has 1 aliphatic heterocycles. The van der Waals surface area contributed by atoms with E-state index < -0.39 is 10.0 Å². The van der Waals surface area contributed by atoms with Gasteiger partial charge in [-0.05, 0) is 43.7 Å². The minimum atomic E-state index is -3.47. The van der Waals surface area contributed by atoms with Crippen LogP contribution in [0, 0.1) is 5.41 Å². The number of piperidine rings is 1. The summed E-state index contributed by atoms with van der Waals surface area (Å²) in [6.45, 7) is 8.51. The van der Waals surface area contributed by atoms with Crippen molar-refractivity contribution in [3.05, 3.63) is 24.3 Å². The van der Waals surface area contributed by atoms with Gasteiger partial charge in [-0.25, -0.2) is 8.42 Å². The number of likely N-dealkylation sites (tertiary alicyclic amines) is 1. The highest BCUT2D eigenvalue weighted by Gasteiger charge is 2.29. The number of ether oxygens (including phenoxy) is 1. The van der Waals surface area contributed by atoms with E-state index in [1.807, 2.05) is 17.9 Å². The molecule has 0 atom stereocenters. The van der Waals surface area contributed by atoms with E-state index >= 15 is 0 Å². The highest BCUT2D eigenvalue weighted by molar-refractivity contribution is 7.92. The lowest BCUT2D eigenvalue weighted by Gasteiger charge is -2.38. The van der Waals surface area contributed by atoms with E-state index in [0.717, 1.165) is 25.9 Å². The number of carbonyl (C=O) groups is 1. The fraction of sp³-hybridized carbons (Fsp3) is 0.650. The molecule has 1 aromatic carbocycles. The zero-order valence-electron chi connectivity index (χ0n) is 16.9. The van der Waals surface area contributed by atoms with Crippen LogP contribution in [0.2, 0.25) is 0 Å². The van der Waals surface area contributed by atoms with Crippen molar-refractivity contribution in [2.45, 2.75) is 46.5 Å². The number of amides is 1. The smallest absolute Gasteiger partial charge is 0.232 e. The van der Waals surface area contributed by atoms with Crippen LogP contribution in [0.25, 0.3) is 0 Å². The minimum absolute atomic E-state index is 0.106.